The number of aryl methyl sites for hydroxylation is 1. The number of nitrogens with two attached hydrogens (primary N) is 1. The highest BCUT2D eigenvalue weighted by atomic mass is 35.5. The van der Waals surface area contributed by atoms with E-state index < -0.39 is 0 Å². The number of ether oxygens (including phenoxy) is 1. The molecule has 3 rings (SSSR count). The molecule has 0 saturated carbocycles. The van der Waals surface area contributed by atoms with Gasteiger partial charge in [-0.1, -0.05) is 0 Å². The van der Waals surface area contributed by atoms with Crippen LogP contribution in [0.3, 0.4) is 0 Å². The first-order chi connectivity index (χ1) is 10.6. The van der Waals surface area contributed by atoms with Crippen molar-refractivity contribution in [3.8, 4) is 5.75 Å². The minimum absolute atomic E-state index is 0. The summed E-state index contributed by atoms with van der Waals surface area (Å²) < 4.78 is 6.78. The first-order valence-corrected chi connectivity index (χ1v) is 7.63. The number of methoxy groups -OCH3 is 1. The van der Waals surface area contributed by atoms with Crippen molar-refractivity contribution in [1.82, 2.24) is 9.78 Å². The molecule has 2 heterocycles. The zero-order chi connectivity index (χ0) is 15.7. The number of fused-ring (bicyclic) bond motifs is 1. The molecule has 1 aromatic carbocycles. The highest BCUT2D eigenvalue weighted by molar-refractivity contribution is 5.90. The van der Waals surface area contributed by atoms with Crippen LogP contribution in [-0.2, 0) is 7.05 Å². The molecule has 7 heteroatoms. The summed E-state index contributed by atoms with van der Waals surface area (Å²) in [6.07, 6.45) is 3.92. The van der Waals surface area contributed by atoms with Crippen LogP contribution in [0, 0.1) is 5.92 Å². The predicted molar refractivity (Wildman–Crippen MR) is 94.8 cm³/mol. The Hall–Kier alpha value is -1.79. The largest absolute Gasteiger partial charge is 0.496 e. The molecule has 0 radical (unpaired) electrons. The number of aromatic nitrogens is 2. The number of nitrogens with zero attached hydrogens (tertiary/aromatic N) is 3. The lowest BCUT2D eigenvalue weighted by Crippen LogP contribution is -2.36. The summed E-state index contributed by atoms with van der Waals surface area (Å²) in [6.45, 7) is 2.72. The van der Waals surface area contributed by atoms with Gasteiger partial charge in [0.2, 0.25) is 0 Å². The van der Waals surface area contributed by atoms with E-state index in [1.165, 1.54) is 4.68 Å². The quantitative estimate of drug-likeness (QED) is 0.919. The smallest absolute Gasteiger partial charge is 0.278 e. The van der Waals surface area contributed by atoms with Gasteiger partial charge in [-0.15, -0.1) is 12.4 Å². The molecule has 0 amide bonds. The first-order valence-electron chi connectivity index (χ1n) is 7.63. The molecule has 2 N–H and O–H groups in total. The Morgan fingerprint density at radius 1 is 1.35 bits per heavy atom. The molecule has 23 heavy (non-hydrogen) atoms. The van der Waals surface area contributed by atoms with E-state index in [2.05, 4.69) is 10.00 Å². The van der Waals surface area contributed by atoms with E-state index in [1.54, 1.807) is 20.4 Å². The van der Waals surface area contributed by atoms with Crippen molar-refractivity contribution >= 4 is 28.9 Å². The molecule has 0 spiro atoms. The van der Waals surface area contributed by atoms with Crippen molar-refractivity contribution < 1.29 is 4.74 Å². The molecule has 2 aromatic rings. The first kappa shape index (κ1) is 17.6. The van der Waals surface area contributed by atoms with E-state index >= 15 is 0 Å². The van der Waals surface area contributed by atoms with Gasteiger partial charge in [-0.2, -0.15) is 5.10 Å². The zero-order valence-corrected chi connectivity index (χ0v) is 14.3. The fraction of sp³-hybridized carbons (Fsp3) is 0.500. The lowest BCUT2D eigenvalue weighted by atomic mass is 9.96. The molecule has 1 aliphatic rings. The molecule has 0 unspecified atom stereocenters. The molecular formula is C16H23ClN4O2. The Bertz CT molecular complexity index is 739. The van der Waals surface area contributed by atoms with Gasteiger partial charge < -0.3 is 15.4 Å². The summed E-state index contributed by atoms with van der Waals surface area (Å²) >= 11 is 0. The van der Waals surface area contributed by atoms with E-state index in [-0.39, 0.29) is 18.0 Å². The third-order valence-corrected chi connectivity index (χ3v) is 4.53. The minimum Gasteiger partial charge on any atom is -0.496 e. The molecule has 1 aliphatic heterocycles. The van der Waals surface area contributed by atoms with E-state index in [4.69, 9.17) is 10.5 Å². The SMILES string of the molecule is COc1cc(N2CCC(CN)CC2)cc2cnn(C)c(=O)c12.Cl. The normalized spacial score (nSPS) is 15.5. The van der Waals surface area contributed by atoms with Crippen LogP contribution in [0.4, 0.5) is 5.69 Å². The summed E-state index contributed by atoms with van der Waals surface area (Å²) in [7, 11) is 3.24. The van der Waals surface area contributed by atoms with E-state index in [0.29, 0.717) is 17.1 Å². The third kappa shape index (κ3) is 3.28. The van der Waals surface area contributed by atoms with Crippen LogP contribution in [0.2, 0.25) is 0 Å². The average Bonchev–Trinajstić information content (AvgIpc) is 2.57. The number of anilines is 1. The maximum atomic E-state index is 12.3. The highest BCUT2D eigenvalue weighted by Gasteiger charge is 2.20. The summed E-state index contributed by atoms with van der Waals surface area (Å²) in [6, 6.07) is 3.97. The summed E-state index contributed by atoms with van der Waals surface area (Å²) in [5, 5.41) is 5.51. The number of rotatable bonds is 3. The number of piperidine rings is 1. The second kappa shape index (κ2) is 7.19. The molecule has 1 saturated heterocycles. The zero-order valence-electron chi connectivity index (χ0n) is 13.5. The molecule has 126 valence electrons. The van der Waals surface area contributed by atoms with Crippen molar-refractivity contribution in [2.45, 2.75) is 12.8 Å². The third-order valence-electron chi connectivity index (χ3n) is 4.53. The summed E-state index contributed by atoms with van der Waals surface area (Å²) in [5.41, 5.74) is 6.70. The van der Waals surface area contributed by atoms with Crippen molar-refractivity contribution in [3.05, 3.63) is 28.7 Å². The van der Waals surface area contributed by atoms with Crippen LogP contribution in [0.15, 0.2) is 23.1 Å². The predicted octanol–water partition coefficient (Wildman–Crippen LogP) is 1.54. The Morgan fingerprint density at radius 2 is 2.04 bits per heavy atom. The van der Waals surface area contributed by atoms with Crippen molar-refractivity contribution in [1.29, 1.82) is 0 Å². The number of hydrogen-bond acceptors (Lipinski definition) is 5. The van der Waals surface area contributed by atoms with Gasteiger partial charge in [0.15, 0.2) is 0 Å². The van der Waals surface area contributed by atoms with Gasteiger partial charge in [-0.25, -0.2) is 4.68 Å². The van der Waals surface area contributed by atoms with E-state index in [9.17, 15) is 4.79 Å². The van der Waals surface area contributed by atoms with Gasteiger partial charge in [-0.3, -0.25) is 4.79 Å². The standard InChI is InChI=1S/C16H22N4O2.ClH/c1-19-16(21)15-12(10-18-19)7-13(8-14(15)22-2)20-5-3-11(9-17)4-6-20;/h7-8,10-11H,3-6,9,17H2,1-2H3;1H. The Labute approximate surface area is 141 Å². The van der Waals surface area contributed by atoms with Crippen molar-refractivity contribution in [2.24, 2.45) is 18.7 Å². The second-order valence-electron chi connectivity index (χ2n) is 5.85. The fourth-order valence-corrected chi connectivity index (χ4v) is 3.09. The average molecular weight is 339 g/mol. The molecule has 0 aliphatic carbocycles. The maximum Gasteiger partial charge on any atom is 0.278 e. The van der Waals surface area contributed by atoms with Crippen LogP contribution in [0.25, 0.3) is 10.8 Å². The Morgan fingerprint density at radius 3 is 2.65 bits per heavy atom. The van der Waals surface area contributed by atoms with Gasteiger partial charge >= 0.3 is 0 Å². The van der Waals surface area contributed by atoms with Gasteiger partial charge in [0.05, 0.1) is 18.7 Å². The van der Waals surface area contributed by atoms with E-state index in [1.807, 2.05) is 12.1 Å². The van der Waals surface area contributed by atoms with Crippen LogP contribution in [-0.4, -0.2) is 36.5 Å². The topological polar surface area (TPSA) is 73.4 Å². The van der Waals surface area contributed by atoms with Crippen LogP contribution >= 0.6 is 12.4 Å². The maximum absolute atomic E-state index is 12.3. The lowest BCUT2D eigenvalue weighted by molar-refractivity contribution is 0.410. The fourth-order valence-electron chi connectivity index (χ4n) is 3.09. The monoisotopic (exact) mass is 338 g/mol. The molecule has 0 bridgehead atoms. The number of hydrogen-bond donors (Lipinski definition) is 1. The number of benzene rings is 1. The highest BCUT2D eigenvalue weighted by Crippen LogP contribution is 2.31. The molecule has 1 aromatic heterocycles. The number of halogens is 1. The lowest BCUT2D eigenvalue weighted by Gasteiger charge is -2.33. The summed E-state index contributed by atoms with van der Waals surface area (Å²) in [5.74, 6) is 1.23. The Balaban J connectivity index is 0.00000192. The summed E-state index contributed by atoms with van der Waals surface area (Å²) in [4.78, 5) is 14.6. The van der Waals surface area contributed by atoms with Gasteiger partial charge in [0, 0.05) is 37.3 Å². The van der Waals surface area contributed by atoms with Gasteiger partial charge in [0.25, 0.3) is 5.56 Å². The van der Waals surface area contributed by atoms with Crippen molar-refractivity contribution in [2.75, 3.05) is 31.6 Å². The van der Waals surface area contributed by atoms with E-state index in [0.717, 1.165) is 43.5 Å². The molecule has 0 atom stereocenters. The van der Waals surface area contributed by atoms with Crippen molar-refractivity contribution in [3.63, 3.8) is 0 Å². The Kier molecular flexibility index (Phi) is 5.49. The van der Waals surface area contributed by atoms with Gasteiger partial charge in [-0.05, 0) is 31.4 Å². The molecular weight excluding hydrogens is 316 g/mol. The second-order valence-corrected chi connectivity index (χ2v) is 5.85. The minimum atomic E-state index is -0.136. The van der Waals surface area contributed by atoms with Crippen LogP contribution in [0.1, 0.15) is 12.8 Å². The molecule has 1 fully saturated rings. The van der Waals surface area contributed by atoms with Crippen LogP contribution < -0.4 is 20.9 Å². The van der Waals surface area contributed by atoms with Gasteiger partial charge in [0.1, 0.15) is 5.75 Å². The van der Waals surface area contributed by atoms with Crippen LogP contribution in [0.5, 0.6) is 5.75 Å². The molecule has 6 nitrogen and oxygen atoms in total.